The summed E-state index contributed by atoms with van der Waals surface area (Å²) in [7, 11) is 0. The highest BCUT2D eigenvalue weighted by atomic mass is 15.4. The number of anilines is 1. The number of nitrogens with zero attached hydrogens (tertiary/aromatic N) is 2. The van der Waals surface area contributed by atoms with Crippen LogP contribution in [-0.4, -0.2) is 6.04 Å². The molecule has 0 spiro atoms. The van der Waals surface area contributed by atoms with Crippen molar-refractivity contribution in [2.75, 3.05) is 5.43 Å². The van der Waals surface area contributed by atoms with Gasteiger partial charge in [0.15, 0.2) is 0 Å². The number of nitrogens with one attached hydrogen (secondary N) is 1. The van der Waals surface area contributed by atoms with E-state index in [1.807, 2.05) is 45.0 Å². The fourth-order valence-corrected chi connectivity index (χ4v) is 0.897. The van der Waals surface area contributed by atoms with Gasteiger partial charge in [0, 0.05) is 0 Å². The van der Waals surface area contributed by atoms with E-state index in [1.165, 1.54) is 5.56 Å². The largest absolute Gasteiger partial charge is 0.260 e. The minimum Gasteiger partial charge on any atom is -0.260 e. The van der Waals surface area contributed by atoms with Crippen LogP contribution >= 0.6 is 0 Å². The Kier molecular flexibility index (Phi) is 3.43. The SMILES string of the molecule is Cc1ccccc1NN=NC(C)C. The number of rotatable bonds is 3. The van der Waals surface area contributed by atoms with Gasteiger partial charge in [-0.25, -0.2) is 0 Å². The van der Waals surface area contributed by atoms with Crippen LogP contribution in [0.3, 0.4) is 0 Å². The van der Waals surface area contributed by atoms with Crippen LogP contribution in [0.2, 0.25) is 0 Å². The molecule has 0 atom stereocenters. The second kappa shape index (κ2) is 4.60. The first-order valence-corrected chi connectivity index (χ1v) is 4.41. The molecular formula is C10H15N3. The van der Waals surface area contributed by atoms with Crippen LogP contribution in [0, 0.1) is 6.92 Å². The van der Waals surface area contributed by atoms with E-state index in [9.17, 15) is 0 Å². The Bertz CT molecular complexity index is 292. The summed E-state index contributed by atoms with van der Waals surface area (Å²) in [6.45, 7) is 6.01. The van der Waals surface area contributed by atoms with Gasteiger partial charge in [0.1, 0.15) is 0 Å². The summed E-state index contributed by atoms with van der Waals surface area (Å²) < 4.78 is 0. The number of benzene rings is 1. The van der Waals surface area contributed by atoms with Crippen molar-refractivity contribution in [3.63, 3.8) is 0 Å². The van der Waals surface area contributed by atoms with Crippen molar-refractivity contribution in [1.29, 1.82) is 0 Å². The fraction of sp³-hybridized carbons (Fsp3) is 0.400. The van der Waals surface area contributed by atoms with E-state index in [0.717, 1.165) is 5.69 Å². The number of aryl methyl sites for hydroxylation is 1. The van der Waals surface area contributed by atoms with Gasteiger partial charge in [-0.05, 0) is 32.4 Å². The van der Waals surface area contributed by atoms with E-state index >= 15 is 0 Å². The molecule has 0 saturated carbocycles. The Morgan fingerprint density at radius 1 is 1.23 bits per heavy atom. The summed E-state index contributed by atoms with van der Waals surface area (Å²) >= 11 is 0. The maximum Gasteiger partial charge on any atom is 0.0673 e. The van der Waals surface area contributed by atoms with Crippen LogP contribution in [0.1, 0.15) is 19.4 Å². The lowest BCUT2D eigenvalue weighted by atomic mass is 10.2. The molecule has 0 radical (unpaired) electrons. The molecule has 0 aliphatic heterocycles. The third-order valence-corrected chi connectivity index (χ3v) is 1.60. The first-order chi connectivity index (χ1) is 6.20. The maximum absolute atomic E-state index is 3.97. The average molecular weight is 177 g/mol. The van der Waals surface area contributed by atoms with Crippen LogP contribution in [0.15, 0.2) is 34.6 Å². The van der Waals surface area contributed by atoms with Crippen molar-refractivity contribution in [1.82, 2.24) is 0 Å². The Labute approximate surface area is 78.9 Å². The van der Waals surface area contributed by atoms with E-state index in [2.05, 4.69) is 15.8 Å². The topological polar surface area (TPSA) is 36.8 Å². The lowest BCUT2D eigenvalue weighted by Crippen LogP contribution is -1.92. The molecule has 0 heterocycles. The number of para-hydroxylation sites is 1. The van der Waals surface area contributed by atoms with E-state index < -0.39 is 0 Å². The second-order valence-electron chi connectivity index (χ2n) is 3.24. The van der Waals surface area contributed by atoms with Gasteiger partial charge in [-0.15, -0.1) is 0 Å². The van der Waals surface area contributed by atoms with Crippen LogP contribution in [-0.2, 0) is 0 Å². The molecule has 0 unspecified atom stereocenters. The van der Waals surface area contributed by atoms with Crippen LogP contribution in [0.5, 0.6) is 0 Å². The van der Waals surface area contributed by atoms with Gasteiger partial charge < -0.3 is 0 Å². The summed E-state index contributed by atoms with van der Waals surface area (Å²) in [6, 6.07) is 8.22. The highest BCUT2D eigenvalue weighted by Gasteiger charge is 1.93. The lowest BCUT2D eigenvalue weighted by Gasteiger charge is -2.02. The molecular weight excluding hydrogens is 162 g/mol. The van der Waals surface area contributed by atoms with Crippen molar-refractivity contribution in [2.45, 2.75) is 26.8 Å². The fourth-order valence-electron chi connectivity index (χ4n) is 0.897. The van der Waals surface area contributed by atoms with Crippen molar-refractivity contribution in [3.05, 3.63) is 29.8 Å². The first-order valence-electron chi connectivity index (χ1n) is 4.41. The van der Waals surface area contributed by atoms with Gasteiger partial charge in [-0.2, -0.15) is 5.11 Å². The van der Waals surface area contributed by atoms with Gasteiger partial charge in [0.2, 0.25) is 0 Å². The quantitative estimate of drug-likeness (QED) is 0.558. The van der Waals surface area contributed by atoms with Crippen molar-refractivity contribution in [3.8, 4) is 0 Å². The molecule has 0 amide bonds. The molecule has 1 rings (SSSR count). The molecule has 3 heteroatoms. The summed E-state index contributed by atoms with van der Waals surface area (Å²) in [4.78, 5) is 0. The maximum atomic E-state index is 3.97. The normalized spacial score (nSPS) is 11.1. The predicted molar refractivity (Wildman–Crippen MR) is 54.8 cm³/mol. The Morgan fingerprint density at radius 2 is 1.92 bits per heavy atom. The minimum atomic E-state index is 0.233. The van der Waals surface area contributed by atoms with Gasteiger partial charge in [-0.1, -0.05) is 23.4 Å². The molecule has 1 aromatic rings. The predicted octanol–water partition coefficient (Wildman–Crippen LogP) is 3.18. The highest BCUT2D eigenvalue weighted by Crippen LogP contribution is 2.12. The Balaban J connectivity index is 2.59. The Morgan fingerprint density at radius 3 is 2.54 bits per heavy atom. The third-order valence-electron chi connectivity index (χ3n) is 1.60. The van der Waals surface area contributed by atoms with Crippen molar-refractivity contribution >= 4 is 5.69 Å². The molecule has 3 nitrogen and oxygen atoms in total. The molecule has 1 N–H and O–H groups in total. The standard InChI is InChI=1S/C10H15N3/c1-8(2)11-13-12-10-7-5-4-6-9(10)3/h4-8H,1-3H3,(H,11,12). The summed E-state index contributed by atoms with van der Waals surface area (Å²) in [5.41, 5.74) is 5.08. The van der Waals surface area contributed by atoms with E-state index in [1.54, 1.807) is 0 Å². The first kappa shape index (κ1) is 9.71. The van der Waals surface area contributed by atoms with Gasteiger partial charge in [0.05, 0.1) is 11.7 Å². The van der Waals surface area contributed by atoms with E-state index in [0.29, 0.717) is 0 Å². The molecule has 0 aromatic heterocycles. The zero-order valence-corrected chi connectivity index (χ0v) is 8.28. The average Bonchev–Trinajstić information content (AvgIpc) is 2.08. The molecule has 13 heavy (non-hydrogen) atoms. The highest BCUT2D eigenvalue weighted by molar-refractivity contribution is 5.49. The summed E-state index contributed by atoms with van der Waals surface area (Å²) in [6.07, 6.45) is 0. The number of hydrogen-bond donors (Lipinski definition) is 1. The van der Waals surface area contributed by atoms with Crippen LogP contribution in [0.25, 0.3) is 0 Å². The van der Waals surface area contributed by atoms with Crippen LogP contribution in [0.4, 0.5) is 5.69 Å². The lowest BCUT2D eigenvalue weighted by molar-refractivity contribution is 0.764. The zero-order valence-electron chi connectivity index (χ0n) is 8.28. The molecule has 0 aliphatic carbocycles. The van der Waals surface area contributed by atoms with Crippen molar-refractivity contribution in [2.24, 2.45) is 10.3 Å². The summed E-state index contributed by atoms with van der Waals surface area (Å²) in [5, 5.41) is 7.85. The second-order valence-corrected chi connectivity index (χ2v) is 3.24. The van der Waals surface area contributed by atoms with Crippen LogP contribution < -0.4 is 5.43 Å². The molecule has 0 aliphatic rings. The molecule has 0 fully saturated rings. The summed E-state index contributed by atoms with van der Waals surface area (Å²) in [5.74, 6) is 0. The Hall–Kier alpha value is -1.38. The third kappa shape index (κ3) is 3.23. The molecule has 0 saturated heterocycles. The molecule has 1 aromatic carbocycles. The molecule has 0 bridgehead atoms. The smallest absolute Gasteiger partial charge is 0.0673 e. The monoisotopic (exact) mass is 177 g/mol. The van der Waals surface area contributed by atoms with E-state index in [-0.39, 0.29) is 6.04 Å². The van der Waals surface area contributed by atoms with Gasteiger partial charge >= 0.3 is 0 Å². The number of hydrogen-bond acceptors (Lipinski definition) is 2. The molecule has 70 valence electrons. The minimum absolute atomic E-state index is 0.233. The van der Waals surface area contributed by atoms with Crippen molar-refractivity contribution < 1.29 is 0 Å². The van der Waals surface area contributed by atoms with E-state index in [4.69, 9.17) is 0 Å². The van der Waals surface area contributed by atoms with Gasteiger partial charge in [0.25, 0.3) is 0 Å². The zero-order chi connectivity index (χ0) is 9.68. The van der Waals surface area contributed by atoms with Gasteiger partial charge in [-0.3, -0.25) is 5.43 Å².